The van der Waals surface area contributed by atoms with Gasteiger partial charge in [0.15, 0.2) is 6.29 Å². The summed E-state index contributed by atoms with van der Waals surface area (Å²) in [5.41, 5.74) is 13.0. The van der Waals surface area contributed by atoms with Crippen LogP contribution in [0.25, 0.3) is 10.4 Å². The van der Waals surface area contributed by atoms with Gasteiger partial charge in [0.2, 0.25) is 0 Å². The van der Waals surface area contributed by atoms with Crippen molar-refractivity contribution in [2.45, 2.75) is 93.7 Å². The first kappa shape index (κ1) is 42.9. The van der Waals surface area contributed by atoms with E-state index in [9.17, 15) is 20.9 Å². The van der Waals surface area contributed by atoms with Crippen molar-refractivity contribution in [3.05, 3.63) is 161 Å². The minimum absolute atomic E-state index is 0.0841. The van der Waals surface area contributed by atoms with E-state index >= 15 is 0 Å². The molecule has 14 nitrogen and oxygen atoms in total. The van der Waals surface area contributed by atoms with Crippen molar-refractivity contribution in [3.63, 3.8) is 0 Å². The topological polar surface area (TPSA) is 183 Å². The Morgan fingerprint density at radius 2 is 1.07 bits per heavy atom. The quantitative estimate of drug-likeness (QED) is 0.0449. The van der Waals surface area contributed by atoms with Crippen LogP contribution in [0.2, 0.25) is 0 Å². The van der Waals surface area contributed by atoms with E-state index in [2.05, 4.69) is 16.6 Å². The van der Waals surface area contributed by atoms with Gasteiger partial charge in [0, 0.05) is 4.91 Å². The van der Waals surface area contributed by atoms with Gasteiger partial charge < -0.3 is 53.2 Å². The van der Waals surface area contributed by atoms with Gasteiger partial charge in [-0.2, -0.15) is 0 Å². The Kier molecular flexibility index (Phi) is 16.2. The highest BCUT2D eigenvalue weighted by molar-refractivity contribution is 5.27. The van der Waals surface area contributed by atoms with Crippen LogP contribution in [-0.2, 0) is 59.6 Å². The second-order valence-electron chi connectivity index (χ2n) is 14.0. The minimum Gasteiger partial charge on any atom is -0.497 e. The molecule has 308 valence electrons. The maximum Gasteiger partial charge on any atom is 0.169 e. The van der Waals surface area contributed by atoms with Crippen LogP contribution >= 0.6 is 0 Å². The van der Waals surface area contributed by atoms with Gasteiger partial charge in [0.1, 0.15) is 60.6 Å². The molecule has 0 amide bonds. The highest BCUT2D eigenvalue weighted by Crippen LogP contribution is 2.38. The van der Waals surface area contributed by atoms with Crippen LogP contribution in [-0.4, -0.2) is 103 Å². The van der Waals surface area contributed by atoms with E-state index in [1.165, 1.54) is 0 Å². The predicted octanol–water partition coefficient (Wildman–Crippen LogP) is 5.42. The maximum absolute atomic E-state index is 11.2. The number of ether oxygens (including phenoxy) is 8. The number of aliphatic hydroxyl groups excluding tert-OH is 3. The summed E-state index contributed by atoms with van der Waals surface area (Å²) in [4.78, 5) is 2.92. The predicted molar refractivity (Wildman–Crippen MR) is 212 cm³/mol. The SMILES string of the molecule is C=CCOC1C(OCc2ccccc2)C(OCc2ccccc2)C(OCc2ccccc2)C(O[C@H]2O[C@H](CO)[C@@H](O)[C@H](O)[C@H]2N=[N+]=[N-])C1OCc1ccc(OC)cc1. The summed E-state index contributed by atoms with van der Waals surface area (Å²) in [6.45, 7) is 3.92. The summed E-state index contributed by atoms with van der Waals surface area (Å²) in [7, 11) is 1.59. The molecule has 2 aliphatic rings. The van der Waals surface area contributed by atoms with Crippen LogP contribution in [0, 0.1) is 0 Å². The summed E-state index contributed by atoms with van der Waals surface area (Å²) in [5, 5.41) is 35.8. The number of nitrogens with zero attached hydrogens (tertiary/aromatic N) is 3. The molecule has 6 rings (SSSR count). The summed E-state index contributed by atoms with van der Waals surface area (Å²) < 4.78 is 52.1. The Morgan fingerprint density at radius 1 is 0.638 bits per heavy atom. The highest BCUT2D eigenvalue weighted by Gasteiger charge is 2.57. The molecule has 6 unspecified atom stereocenters. The molecule has 58 heavy (non-hydrogen) atoms. The zero-order valence-electron chi connectivity index (χ0n) is 32.3. The average Bonchev–Trinajstić information content (AvgIpc) is 3.27. The summed E-state index contributed by atoms with van der Waals surface area (Å²) in [5.74, 6) is 0.676. The number of methoxy groups -OCH3 is 1. The standard InChI is InChI=1S/C44H51N3O11/c1-3-23-52-38-39(53-25-29-13-7-4-8-14-29)40(54-26-30-15-9-5-10-16-30)42(55-27-31-17-11-6-12-18-31)43(41(38)56-28-32-19-21-33(51-2)22-20-32)58-44-35(46-47-45)37(50)36(49)34(24-48)57-44/h3-22,34-44,48-50H,1,23-28H2,2H3/t34-,35-,36-,37-,38?,39?,40?,41?,42?,43?,44-/m1/s1. The normalized spacial score (nSPS) is 28.3. The lowest BCUT2D eigenvalue weighted by atomic mass is 9.83. The Balaban J connectivity index is 1.47. The molecule has 1 aliphatic heterocycles. The van der Waals surface area contributed by atoms with Crippen molar-refractivity contribution in [1.82, 2.24) is 0 Å². The van der Waals surface area contributed by atoms with E-state index in [1.54, 1.807) is 13.2 Å². The van der Waals surface area contributed by atoms with Crippen LogP contribution in [0.4, 0.5) is 0 Å². The Bertz CT molecular complexity index is 1850. The van der Waals surface area contributed by atoms with E-state index in [1.807, 2.05) is 115 Å². The number of aliphatic hydroxyl groups is 3. The first-order chi connectivity index (χ1) is 28.4. The molecular formula is C44H51N3O11. The molecular weight excluding hydrogens is 746 g/mol. The van der Waals surface area contributed by atoms with E-state index in [4.69, 9.17) is 37.9 Å². The molecule has 0 spiro atoms. The minimum atomic E-state index is -1.64. The fourth-order valence-corrected chi connectivity index (χ4v) is 7.14. The number of rotatable bonds is 20. The molecule has 0 aromatic heterocycles. The molecule has 3 N–H and O–H groups in total. The Hall–Kier alpha value is -4.67. The number of azide groups is 1. The van der Waals surface area contributed by atoms with Gasteiger partial charge in [-0.25, -0.2) is 0 Å². The van der Waals surface area contributed by atoms with E-state index in [-0.39, 0.29) is 33.0 Å². The van der Waals surface area contributed by atoms with E-state index < -0.39 is 73.9 Å². The van der Waals surface area contributed by atoms with E-state index in [0.29, 0.717) is 5.75 Å². The maximum atomic E-state index is 11.2. The van der Waals surface area contributed by atoms with Crippen molar-refractivity contribution in [1.29, 1.82) is 0 Å². The molecule has 0 radical (unpaired) electrons. The smallest absolute Gasteiger partial charge is 0.169 e. The third kappa shape index (κ3) is 11.1. The van der Waals surface area contributed by atoms with Gasteiger partial charge >= 0.3 is 0 Å². The molecule has 0 bridgehead atoms. The lowest BCUT2D eigenvalue weighted by Gasteiger charge is -2.51. The number of hydrogen-bond acceptors (Lipinski definition) is 12. The van der Waals surface area contributed by atoms with Crippen LogP contribution in [0.5, 0.6) is 5.75 Å². The monoisotopic (exact) mass is 797 g/mol. The van der Waals surface area contributed by atoms with Crippen LogP contribution in [0.15, 0.2) is 133 Å². The van der Waals surface area contributed by atoms with Crippen LogP contribution in [0.1, 0.15) is 22.3 Å². The second-order valence-corrected chi connectivity index (χ2v) is 14.0. The number of hydrogen-bond donors (Lipinski definition) is 3. The van der Waals surface area contributed by atoms with Gasteiger partial charge in [-0.05, 0) is 39.9 Å². The van der Waals surface area contributed by atoms with Crippen molar-refractivity contribution < 1.29 is 53.2 Å². The van der Waals surface area contributed by atoms with Gasteiger partial charge in [-0.1, -0.05) is 114 Å². The van der Waals surface area contributed by atoms with Crippen molar-refractivity contribution in [2.24, 2.45) is 5.11 Å². The lowest BCUT2D eigenvalue weighted by Crippen LogP contribution is -2.69. The third-order valence-corrected chi connectivity index (χ3v) is 10.1. The second kappa shape index (κ2) is 21.9. The zero-order chi connectivity index (χ0) is 40.7. The lowest BCUT2D eigenvalue weighted by molar-refractivity contribution is -0.335. The van der Waals surface area contributed by atoms with Gasteiger partial charge in [-0.3, -0.25) is 0 Å². The van der Waals surface area contributed by atoms with Crippen molar-refractivity contribution in [3.8, 4) is 5.75 Å². The summed E-state index contributed by atoms with van der Waals surface area (Å²) in [6.07, 6.45) is -10.1. The molecule has 2 fully saturated rings. The third-order valence-electron chi connectivity index (χ3n) is 10.1. The fourth-order valence-electron chi connectivity index (χ4n) is 7.14. The van der Waals surface area contributed by atoms with Gasteiger partial charge in [0.25, 0.3) is 0 Å². The first-order valence-electron chi connectivity index (χ1n) is 19.2. The largest absolute Gasteiger partial charge is 0.497 e. The van der Waals surface area contributed by atoms with Gasteiger partial charge in [0.05, 0.1) is 52.9 Å². The van der Waals surface area contributed by atoms with Crippen LogP contribution in [0.3, 0.4) is 0 Å². The molecule has 1 saturated carbocycles. The summed E-state index contributed by atoms with van der Waals surface area (Å²) in [6, 6.07) is 34.9. The van der Waals surface area contributed by atoms with Gasteiger partial charge in [-0.15, -0.1) is 6.58 Å². The van der Waals surface area contributed by atoms with Crippen molar-refractivity contribution in [2.75, 3.05) is 20.3 Å². The Labute approximate surface area is 338 Å². The zero-order valence-corrected chi connectivity index (χ0v) is 32.3. The molecule has 4 aromatic rings. The number of benzene rings is 4. The Morgan fingerprint density at radius 3 is 1.48 bits per heavy atom. The molecule has 1 aliphatic carbocycles. The highest BCUT2D eigenvalue weighted by atomic mass is 16.7. The molecule has 11 atom stereocenters. The average molecular weight is 798 g/mol. The molecule has 14 heteroatoms. The summed E-state index contributed by atoms with van der Waals surface area (Å²) >= 11 is 0. The van der Waals surface area contributed by atoms with Crippen LogP contribution < -0.4 is 4.74 Å². The molecule has 1 saturated heterocycles. The first-order valence-corrected chi connectivity index (χ1v) is 19.2. The van der Waals surface area contributed by atoms with E-state index in [0.717, 1.165) is 22.3 Å². The van der Waals surface area contributed by atoms with Crippen molar-refractivity contribution >= 4 is 0 Å². The fraction of sp³-hybridized carbons (Fsp3) is 0.409. The molecule has 1 heterocycles. The molecule has 4 aromatic carbocycles.